The van der Waals surface area contributed by atoms with E-state index in [1.54, 1.807) is 7.05 Å². The zero-order valence-corrected chi connectivity index (χ0v) is 11.5. The molecule has 0 aliphatic rings. The summed E-state index contributed by atoms with van der Waals surface area (Å²) in [6.45, 7) is 0. The van der Waals surface area contributed by atoms with Crippen molar-refractivity contribution in [2.24, 2.45) is 5.84 Å². The Morgan fingerprint density at radius 3 is 1.63 bits per heavy atom. The largest absolute Gasteiger partial charge is 0.283 e. The summed E-state index contributed by atoms with van der Waals surface area (Å²) in [5, 5.41) is 1.14. The second-order valence-corrected chi connectivity index (χ2v) is 4.20. The summed E-state index contributed by atoms with van der Waals surface area (Å²) in [4.78, 5) is 12.2. The predicted molar refractivity (Wildman–Crippen MR) is 78.9 cm³/mol. The fourth-order valence-corrected chi connectivity index (χ4v) is 1.97. The third-order valence-electron chi connectivity index (χ3n) is 2.86. The van der Waals surface area contributed by atoms with Crippen molar-refractivity contribution in [3.63, 3.8) is 0 Å². The molecule has 0 atom stereocenters. The van der Waals surface area contributed by atoms with Gasteiger partial charge in [0, 0.05) is 7.05 Å². The number of carbonyl (C=O) groups is 1. The average Bonchev–Trinajstić information content (AvgIpc) is 2.41. The standard InChI is InChI=1S/C15H16N2O.ClH/c1-17(16)15(18)14(12-8-4-2-5-9-12)13-10-6-3-7-11-13;/h2-11,14H,16H2,1H3;1H. The van der Waals surface area contributed by atoms with Gasteiger partial charge in [-0.25, -0.2) is 5.84 Å². The van der Waals surface area contributed by atoms with Crippen molar-refractivity contribution in [1.29, 1.82) is 0 Å². The molecule has 0 spiro atoms. The molecule has 0 saturated heterocycles. The quantitative estimate of drug-likeness (QED) is 0.532. The van der Waals surface area contributed by atoms with E-state index in [1.165, 1.54) is 0 Å². The zero-order chi connectivity index (χ0) is 13.0. The summed E-state index contributed by atoms with van der Waals surface area (Å²) < 4.78 is 0. The van der Waals surface area contributed by atoms with Crippen LogP contribution in [0.15, 0.2) is 60.7 Å². The topological polar surface area (TPSA) is 46.3 Å². The van der Waals surface area contributed by atoms with Gasteiger partial charge in [-0.15, -0.1) is 12.4 Å². The minimum Gasteiger partial charge on any atom is -0.283 e. The number of nitrogens with two attached hydrogens (primary N) is 1. The van der Waals surface area contributed by atoms with Gasteiger partial charge in [0.25, 0.3) is 0 Å². The Hall–Kier alpha value is -1.84. The Morgan fingerprint density at radius 2 is 1.32 bits per heavy atom. The number of benzene rings is 2. The second-order valence-electron chi connectivity index (χ2n) is 4.20. The first-order valence-corrected chi connectivity index (χ1v) is 5.82. The van der Waals surface area contributed by atoms with Gasteiger partial charge in [0.1, 0.15) is 0 Å². The Bertz CT molecular complexity index is 475. The Kier molecular flexibility index (Phi) is 5.55. The molecule has 0 radical (unpaired) electrons. The van der Waals surface area contributed by atoms with Gasteiger partial charge in [-0.3, -0.25) is 9.80 Å². The van der Waals surface area contributed by atoms with Crippen LogP contribution in [-0.2, 0) is 4.79 Å². The van der Waals surface area contributed by atoms with Gasteiger partial charge in [-0.05, 0) is 11.1 Å². The molecular formula is C15H17ClN2O. The summed E-state index contributed by atoms with van der Waals surface area (Å²) in [5.74, 6) is 5.13. The number of hydrogen-bond acceptors (Lipinski definition) is 2. The number of halogens is 1. The Labute approximate surface area is 119 Å². The fraction of sp³-hybridized carbons (Fsp3) is 0.133. The molecule has 1 amide bonds. The molecular weight excluding hydrogens is 260 g/mol. The van der Waals surface area contributed by atoms with E-state index in [2.05, 4.69) is 0 Å². The maximum absolute atomic E-state index is 12.2. The van der Waals surface area contributed by atoms with E-state index < -0.39 is 0 Å². The van der Waals surface area contributed by atoms with Crippen molar-refractivity contribution < 1.29 is 4.79 Å². The molecule has 2 rings (SSSR count). The van der Waals surface area contributed by atoms with Crippen LogP contribution in [0.2, 0.25) is 0 Å². The third-order valence-corrected chi connectivity index (χ3v) is 2.86. The lowest BCUT2D eigenvalue weighted by atomic mass is 9.90. The SMILES string of the molecule is CN(N)C(=O)C(c1ccccc1)c1ccccc1.Cl. The van der Waals surface area contributed by atoms with Crippen LogP contribution in [0.1, 0.15) is 17.0 Å². The highest BCUT2D eigenvalue weighted by Crippen LogP contribution is 2.25. The first-order valence-electron chi connectivity index (χ1n) is 5.82. The highest BCUT2D eigenvalue weighted by molar-refractivity contribution is 5.86. The molecule has 0 fully saturated rings. The van der Waals surface area contributed by atoms with E-state index in [1.807, 2.05) is 60.7 Å². The third kappa shape index (κ3) is 3.56. The summed E-state index contributed by atoms with van der Waals surface area (Å²) in [6, 6.07) is 19.3. The summed E-state index contributed by atoms with van der Waals surface area (Å²) in [6.07, 6.45) is 0. The highest BCUT2D eigenvalue weighted by atomic mass is 35.5. The fourth-order valence-electron chi connectivity index (χ4n) is 1.97. The van der Waals surface area contributed by atoms with Crippen molar-refractivity contribution in [1.82, 2.24) is 5.01 Å². The van der Waals surface area contributed by atoms with Gasteiger partial charge in [-0.2, -0.15) is 0 Å². The van der Waals surface area contributed by atoms with E-state index in [0.29, 0.717) is 0 Å². The maximum Gasteiger partial charge on any atom is 0.248 e. The first kappa shape index (κ1) is 15.2. The number of nitrogens with zero attached hydrogens (tertiary/aromatic N) is 1. The van der Waals surface area contributed by atoms with E-state index in [9.17, 15) is 4.79 Å². The van der Waals surface area contributed by atoms with Crippen molar-refractivity contribution in [2.45, 2.75) is 5.92 Å². The normalized spacial score (nSPS) is 9.84. The van der Waals surface area contributed by atoms with Gasteiger partial charge < -0.3 is 0 Å². The lowest BCUT2D eigenvalue weighted by Gasteiger charge is -2.20. The minimum absolute atomic E-state index is 0. The van der Waals surface area contributed by atoms with Gasteiger partial charge in [-0.1, -0.05) is 60.7 Å². The van der Waals surface area contributed by atoms with Gasteiger partial charge in [0.05, 0.1) is 5.92 Å². The number of amides is 1. The average molecular weight is 277 g/mol. The number of hydrogen-bond donors (Lipinski definition) is 1. The number of hydrazine groups is 1. The number of likely N-dealkylation sites (N-methyl/N-ethyl adjacent to an activating group) is 1. The lowest BCUT2D eigenvalue weighted by Crippen LogP contribution is -2.37. The van der Waals surface area contributed by atoms with E-state index in [-0.39, 0.29) is 24.2 Å². The Balaban J connectivity index is 0.00000180. The van der Waals surface area contributed by atoms with Gasteiger partial charge in [0.2, 0.25) is 5.91 Å². The molecule has 0 heterocycles. The van der Waals surface area contributed by atoms with Crippen LogP contribution in [-0.4, -0.2) is 18.0 Å². The molecule has 100 valence electrons. The van der Waals surface area contributed by atoms with Crippen LogP contribution in [0.3, 0.4) is 0 Å². The first-order chi connectivity index (χ1) is 8.70. The summed E-state index contributed by atoms with van der Waals surface area (Å²) in [7, 11) is 1.57. The molecule has 0 aliphatic heterocycles. The molecule has 3 nitrogen and oxygen atoms in total. The molecule has 19 heavy (non-hydrogen) atoms. The van der Waals surface area contributed by atoms with Crippen LogP contribution in [0.4, 0.5) is 0 Å². The van der Waals surface area contributed by atoms with E-state index in [4.69, 9.17) is 5.84 Å². The molecule has 0 aliphatic carbocycles. The molecule has 0 unspecified atom stereocenters. The highest BCUT2D eigenvalue weighted by Gasteiger charge is 2.24. The van der Waals surface area contributed by atoms with Crippen LogP contribution >= 0.6 is 12.4 Å². The Morgan fingerprint density at radius 1 is 0.947 bits per heavy atom. The zero-order valence-electron chi connectivity index (χ0n) is 10.7. The maximum atomic E-state index is 12.2. The summed E-state index contributed by atoms with van der Waals surface area (Å²) in [5.41, 5.74) is 1.90. The smallest absolute Gasteiger partial charge is 0.248 e. The monoisotopic (exact) mass is 276 g/mol. The van der Waals surface area contributed by atoms with Crippen LogP contribution < -0.4 is 5.84 Å². The van der Waals surface area contributed by atoms with Crippen molar-refractivity contribution >= 4 is 18.3 Å². The van der Waals surface area contributed by atoms with E-state index in [0.717, 1.165) is 16.1 Å². The number of carbonyl (C=O) groups excluding carboxylic acids is 1. The molecule has 0 aromatic heterocycles. The lowest BCUT2D eigenvalue weighted by molar-refractivity contribution is -0.130. The molecule has 2 aromatic carbocycles. The van der Waals surface area contributed by atoms with Crippen LogP contribution in [0.5, 0.6) is 0 Å². The van der Waals surface area contributed by atoms with Crippen LogP contribution in [0, 0.1) is 0 Å². The van der Waals surface area contributed by atoms with Gasteiger partial charge >= 0.3 is 0 Å². The van der Waals surface area contributed by atoms with E-state index >= 15 is 0 Å². The number of rotatable bonds is 3. The van der Waals surface area contributed by atoms with Crippen molar-refractivity contribution in [3.8, 4) is 0 Å². The van der Waals surface area contributed by atoms with Crippen LogP contribution in [0.25, 0.3) is 0 Å². The molecule has 0 saturated carbocycles. The van der Waals surface area contributed by atoms with Crippen molar-refractivity contribution in [3.05, 3.63) is 71.8 Å². The molecule has 0 bridgehead atoms. The molecule has 4 heteroatoms. The second kappa shape index (κ2) is 6.92. The summed E-state index contributed by atoms with van der Waals surface area (Å²) >= 11 is 0. The molecule has 2 N–H and O–H groups in total. The van der Waals surface area contributed by atoms with Gasteiger partial charge in [0.15, 0.2) is 0 Å². The molecule has 2 aromatic rings. The predicted octanol–water partition coefficient (Wildman–Crippen LogP) is 2.57. The minimum atomic E-state index is -0.345. The van der Waals surface area contributed by atoms with Crippen molar-refractivity contribution in [2.75, 3.05) is 7.05 Å².